The standard InChI is InChI=1S/2C36H29NO2/c2*1-22-10-9-15-31-33(22)35(38)34-23(2)20-25(21-32(34)39-31)24-16-18-26(19-17-24)37-29-13-7-5-11-27(29)36(3,4)28-12-6-8-14-30(28)37/h2*5-21H,1-4H3. The van der Waals surface area contributed by atoms with Crippen LogP contribution in [0.5, 0.6) is 0 Å². The van der Waals surface area contributed by atoms with Gasteiger partial charge < -0.3 is 18.6 Å². The lowest BCUT2D eigenvalue weighted by atomic mass is 9.73. The third-order valence-corrected chi connectivity index (χ3v) is 16.6. The lowest BCUT2D eigenvalue weighted by Gasteiger charge is -2.42. The Morgan fingerprint density at radius 2 is 0.615 bits per heavy atom. The number of hydrogen-bond donors (Lipinski definition) is 0. The normalized spacial score (nSPS) is 13.9. The van der Waals surface area contributed by atoms with Gasteiger partial charge >= 0.3 is 0 Å². The van der Waals surface area contributed by atoms with E-state index in [0.29, 0.717) is 43.9 Å². The van der Waals surface area contributed by atoms with Crippen LogP contribution in [0.25, 0.3) is 66.1 Å². The van der Waals surface area contributed by atoms with Crippen molar-refractivity contribution in [1.29, 1.82) is 0 Å². The van der Waals surface area contributed by atoms with Gasteiger partial charge in [-0.25, -0.2) is 0 Å². The molecule has 0 unspecified atom stereocenters. The third-order valence-electron chi connectivity index (χ3n) is 16.6. The molecule has 14 rings (SSSR count). The van der Waals surface area contributed by atoms with Gasteiger partial charge in [-0.05, 0) is 167 Å². The van der Waals surface area contributed by atoms with E-state index in [0.717, 1.165) is 55.9 Å². The van der Waals surface area contributed by atoms with Crippen LogP contribution in [0.3, 0.4) is 0 Å². The van der Waals surface area contributed by atoms with Crippen molar-refractivity contribution in [3.05, 3.63) is 271 Å². The van der Waals surface area contributed by atoms with Crippen molar-refractivity contribution in [3.63, 3.8) is 0 Å². The maximum Gasteiger partial charge on any atom is 0.201 e. The summed E-state index contributed by atoms with van der Waals surface area (Å²) in [6.07, 6.45) is 0. The first-order valence-electron chi connectivity index (χ1n) is 26.8. The van der Waals surface area contributed by atoms with Crippen LogP contribution in [0.2, 0.25) is 0 Å². The smallest absolute Gasteiger partial charge is 0.201 e. The molecular formula is C72H58N2O4. The highest BCUT2D eigenvalue weighted by atomic mass is 16.3. The summed E-state index contributed by atoms with van der Waals surface area (Å²) in [5, 5.41) is 2.63. The Balaban J connectivity index is 0.000000148. The summed E-state index contributed by atoms with van der Waals surface area (Å²) in [5.74, 6) is 0. The number of fused-ring (bicyclic) bond motifs is 8. The van der Waals surface area contributed by atoms with Crippen molar-refractivity contribution in [2.75, 3.05) is 9.80 Å². The molecule has 0 atom stereocenters. The van der Waals surface area contributed by atoms with Gasteiger partial charge in [0.15, 0.2) is 0 Å². The maximum atomic E-state index is 13.4. The Morgan fingerprint density at radius 3 is 0.949 bits per heavy atom. The molecule has 78 heavy (non-hydrogen) atoms. The fraction of sp³-hybridized carbons (Fsp3) is 0.139. The molecule has 2 aromatic heterocycles. The molecule has 0 bridgehead atoms. The number of aryl methyl sites for hydroxylation is 4. The average Bonchev–Trinajstić information content (AvgIpc) is 3.62. The molecule has 0 amide bonds. The molecule has 0 N–H and O–H groups in total. The molecule has 0 saturated heterocycles. The molecule has 6 heteroatoms. The first-order chi connectivity index (χ1) is 37.7. The van der Waals surface area contributed by atoms with Gasteiger partial charge in [-0.15, -0.1) is 0 Å². The molecule has 0 aliphatic carbocycles. The van der Waals surface area contributed by atoms with Crippen LogP contribution >= 0.6 is 0 Å². The quantitative estimate of drug-likeness (QED) is 0.164. The van der Waals surface area contributed by atoms with Crippen LogP contribution in [-0.4, -0.2) is 0 Å². The molecule has 380 valence electrons. The second kappa shape index (κ2) is 18.2. The summed E-state index contributed by atoms with van der Waals surface area (Å²) < 4.78 is 12.5. The zero-order chi connectivity index (χ0) is 53.8. The van der Waals surface area contributed by atoms with Crippen molar-refractivity contribution in [3.8, 4) is 22.3 Å². The summed E-state index contributed by atoms with van der Waals surface area (Å²) >= 11 is 0. The van der Waals surface area contributed by atoms with Crippen LogP contribution < -0.4 is 20.7 Å². The van der Waals surface area contributed by atoms with Gasteiger partial charge in [0.2, 0.25) is 10.9 Å². The van der Waals surface area contributed by atoms with Gasteiger partial charge in [-0.1, -0.05) is 161 Å². The number of anilines is 6. The van der Waals surface area contributed by atoms with Crippen molar-refractivity contribution in [1.82, 2.24) is 0 Å². The van der Waals surface area contributed by atoms with E-state index in [2.05, 4.69) is 195 Å². The largest absolute Gasteiger partial charge is 0.456 e. The van der Waals surface area contributed by atoms with E-state index in [1.807, 2.05) is 76.2 Å². The predicted octanol–water partition coefficient (Wildman–Crippen LogP) is 18.7. The van der Waals surface area contributed by atoms with Gasteiger partial charge in [-0.2, -0.15) is 0 Å². The summed E-state index contributed by atoms with van der Waals surface area (Å²) in [6, 6.07) is 71.8. The summed E-state index contributed by atoms with van der Waals surface area (Å²) in [5.41, 5.74) is 22.7. The Labute approximate surface area is 454 Å². The monoisotopic (exact) mass is 1010 g/mol. The van der Waals surface area contributed by atoms with Gasteiger partial charge in [0.05, 0.1) is 44.3 Å². The first kappa shape index (κ1) is 48.4. The van der Waals surface area contributed by atoms with Gasteiger partial charge in [0, 0.05) is 22.2 Å². The summed E-state index contributed by atoms with van der Waals surface area (Å²) in [6.45, 7) is 17.1. The van der Waals surface area contributed by atoms with E-state index in [1.54, 1.807) is 0 Å². The van der Waals surface area contributed by atoms with Crippen LogP contribution in [-0.2, 0) is 10.8 Å². The second-order valence-electron chi connectivity index (χ2n) is 22.2. The fourth-order valence-corrected chi connectivity index (χ4v) is 12.6. The SMILES string of the molecule is Cc1cccc2oc3cc(-c4ccc(N5c6ccccc6C(C)(C)c6ccccc65)cc4)cc(C)c3c(=O)c12.Cc1cccc2oc3cc(-c4ccc(N5c6ccccc6C(C)(C)c6ccccc65)cc4)cc(C)c3c(=O)c12. The zero-order valence-corrected chi connectivity index (χ0v) is 45.2. The van der Waals surface area contributed by atoms with E-state index in [-0.39, 0.29) is 21.7 Å². The molecule has 12 aromatic rings. The molecule has 4 heterocycles. The topological polar surface area (TPSA) is 66.9 Å². The molecule has 6 nitrogen and oxygen atoms in total. The molecule has 2 aliphatic heterocycles. The van der Waals surface area contributed by atoms with E-state index < -0.39 is 0 Å². The van der Waals surface area contributed by atoms with Crippen LogP contribution in [0.1, 0.15) is 72.2 Å². The minimum absolute atomic E-state index is 0.0362. The molecule has 10 aromatic carbocycles. The Bertz CT molecular complexity index is 4150. The Kier molecular flexibility index (Phi) is 11.3. The third kappa shape index (κ3) is 7.61. The average molecular weight is 1020 g/mol. The van der Waals surface area contributed by atoms with Crippen LogP contribution in [0.4, 0.5) is 34.1 Å². The van der Waals surface area contributed by atoms with E-state index >= 15 is 0 Å². The molecule has 0 fully saturated rings. The predicted molar refractivity (Wildman–Crippen MR) is 323 cm³/mol. The maximum absolute atomic E-state index is 13.4. The second-order valence-corrected chi connectivity index (χ2v) is 22.2. The van der Waals surface area contributed by atoms with Gasteiger partial charge in [0.25, 0.3) is 0 Å². The van der Waals surface area contributed by atoms with Crippen LogP contribution in [0.15, 0.2) is 225 Å². The van der Waals surface area contributed by atoms with Crippen molar-refractivity contribution in [2.24, 2.45) is 0 Å². The highest BCUT2D eigenvalue weighted by molar-refractivity contribution is 5.97. The van der Waals surface area contributed by atoms with E-state index in [9.17, 15) is 9.59 Å². The Hall–Kier alpha value is -9.26. The number of para-hydroxylation sites is 4. The fourth-order valence-electron chi connectivity index (χ4n) is 12.6. The van der Waals surface area contributed by atoms with E-state index in [1.165, 1.54) is 45.0 Å². The Morgan fingerprint density at radius 1 is 0.308 bits per heavy atom. The van der Waals surface area contributed by atoms with Crippen molar-refractivity contribution in [2.45, 2.75) is 66.2 Å². The van der Waals surface area contributed by atoms with Gasteiger partial charge in [0.1, 0.15) is 22.3 Å². The van der Waals surface area contributed by atoms with Crippen LogP contribution in [0, 0.1) is 27.7 Å². The van der Waals surface area contributed by atoms with Crippen molar-refractivity contribution >= 4 is 78.0 Å². The molecule has 0 radical (unpaired) electrons. The zero-order valence-electron chi connectivity index (χ0n) is 45.2. The number of benzene rings is 10. The number of nitrogens with zero attached hydrogens (tertiary/aromatic N) is 2. The summed E-state index contributed by atoms with van der Waals surface area (Å²) in [4.78, 5) is 31.5. The van der Waals surface area contributed by atoms with Gasteiger partial charge in [-0.3, -0.25) is 9.59 Å². The number of hydrogen-bond acceptors (Lipinski definition) is 6. The lowest BCUT2D eigenvalue weighted by molar-refractivity contribution is 0.632. The molecular weight excluding hydrogens is 957 g/mol. The number of rotatable bonds is 4. The highest BCUT2D eigenvalue weighted by Gasteiger charge is 2.38. The summed E-state index contributed by atoms with van der Waals surface area (Å²) in [7, 11) is 0. The minimum Gasteiger partial charge on any atom is -0.456 e. The molecule has 2 aliphatic rings. The highest BCUT2D eigenvalue weighted by Crippen LogP contribution is 2.53. The minimum atomic E-state index is -0.0844. The molecule has 0 spiro atoms. The first-order valence-corrected chi connectivity index (χ1v) is 26.8. The lowest BCUT2D eigenvalue weighted by Crippen LogP contribution is -2.30. The molecule has 0 saturated carbocycles. The van der Waals surface area contributed by atoms with E-state index in [4.69, 9.17) is 8.83 Å². The van der Waals surface area contributed by atoms with Crippen molar-refractivity contribution < 1.29 is 8.83 Å².